The van der Waals surface area contributed by atoms with E-state index in [1.807, 2.05) is 0 Å². The van der Waals surface area contributed by atoms with Crippen molar-refractivity contribution >= 4 is 11.6 Å². The number of aromatic nitrogens is 4. The number of rotatable bonds is 2. The summed E-state index contributed by atoms with van der Waals surface area (Å²) in [5, 5.41) is 15.0. The van der Waals surface area contributed by atoms with Crippen LogP contribution in [0.3, 0.4) is 0 Å². The Balaban J connectivity index is 2.28. The van der Waals surface area contributed by atoms with Crippen LogP contribution in [0.5, 0.6) is 0 Å². The molecule has 0 amide bonds. The number of anilines is 2. The molecule has 72 valence electrons. The van der Waals surface area contributed by atoms with Gasteiger partial charge in [0.15, 0.2) is 0 Å². The van der Waals surface area contributed by atoms with Crippen molar-refractivity contribution in [1.82, 2.24) is 20.6 Å². The molecule has 0 fully saturated rings. The molecule has 0 aliphatic rings. The number of H-pyrrole nitrogens is 1. The second-order valence-corrected chi connectivity index (χ2v) is 2.48. The van der Waals surface area contributed by atoms with E-state index in [1.165, 1.54) is 0 Å². The van der Waals surface area contributed by atoms with Gasteiger partial charge in [-0.15, -0.1) is 5.10 Å². The molecule has 0 saturated heterocycles. The van der Waals surface area contributed by atoms with E-state index in [0.717, 1.165) is 18.2 Å². The number of aromatic amines is 1. The lowest BCUT2D eigenvalue weighted by molar-refractivity contribution is 0.603. The Hall–Kier alpha value is -2.05. The minimum atomic E-state index is -0.587. The average molecular weight is 197 g/mol. The molecule has 2 rings (SSSR count). The highest BCUT2D eigenvalue weighted by Gasteiger charge is 2.05. The van der Waals surface area contributed by atoms with Gasteiger partial charge in [0.25, 0.3) is 5.95 Å². The topological polar surface area (TPSA) is 66.5 Å². The number of nitrogens with zero attached hydrogens (tertiary/aromatic N) is 3. The molecule has 1 aromatic heterocycles. The van der Waals surface area contributed by atoms with Crippen LogP contribution in [-0.4, -0.2) is 20.6 Å². The van der Waals surface area contributed by atoms with Gasteiger partial charge in [-0.1, -0.05) is 5.10 Å². The normalized spacial score (nSPS) is 10.1. The Bertz CT molecular complexity index is 428. The van der Waals surface area contributed by atoms with E-state index in [0.29, 0.717) is 0 Å². The summed E-state index contributed by atoms with van der Waals surface area (Å²) < 4.78 is 25.8. The molecule has 0 spiro atoms. The summed E-state index contributed by atoms with van der Waals surface area (Å²) in [6.45, 7) is 0. The fourth-order valence-electron chi connectivity index (χ4n) is 0.928. The van der Waals surface area contributed by atoms with E-state index < -0.39 is 11.6 Å². The Morgan fingerprint density at radius 1 is 1.29 bits per heavy atom. The molecule has 0 saturated carbocycles. The fourth-order valence-corrected chi connectivity index (χ4v) is 0.928. The summed E-state index contributed by atoms with van der Waals surface area (Å²) in [4.78, 5) is 0. The van der Waals surface area contributed by atoms with E-state index in [1.54, 1.807) is 0 Å². The SMILES string of the molecule is Fc1ccc(F)c(Nc2nn[nH]n2)c1. The maximum Gasteiger partial charge on any atom is 0.267 e. The van der Waals surface area contributed by atoms with Crippen molar-refractivity contribution in [3.05, 3.63) is 29.8 Å². The largest absolute Gasteiger partial charge is 0.319 e. The lowest BCUT2D eigenvalue weighted by atomic mass is 10.3. The maximum atomic E-state index is 13.0. The Morgan fingerprint density at radius 2 is 2.14 bits per heavy atom. The Kier molecular flexibility index (Phi) is 2.05. The molecule has 5 nitrogen and oxygen atoms in total. The smallest absolute Gasteiger partial charge is 0.267 e. The molecular formula is C7H5F2N5. The average Bonchev–Trinajstić information content (AvgIpc) is 2.64. The van der Waals surface area contributed by atoms with E-state index in [4.69, 9.17) is 0 Å². The predicted octanol–water partition coefficient (Wildman–Crippen LogP) is 1.22. The van der Waals surface area contributed by atoms with Gasteiger partial charge in [-0.3, -0.25) is 0 Å². The highest BCUT2D eigenvalue weighted by atomic mass is 19.1. The molecule has 1 heterocycles. The highest BCUT2D eigenvalue weighted by Crippen LogP contribution is 2.17. The molecule has 2 aromatic rings. The van der Waals surface area contributed by atoms with Gasteiger partial charge < -0.3 is 5.32 Å². The van der Waals surface area contributed by atoms with Crippen LogP contribution in [0, 0.1) is 11.6 Å². The number of halogens is 2. The van der Waals surface area contributed by atoms with Crippen molar-refractivity contribution in [2.75, 3.05) is 5.32 Å². The molecular weight excluding hydrogens is 192 g/mol. The monoisotopic (exact) mass is 197 g/mol. The van der Waals surface area contributed by atoms with Crippen LogP contribution in [0.4, 0.5) is 20.4 Å². The van der Waals surface area contributed by atoms with Gasteiger partial charge in [0.1, 0.15) is 11.6 Å². The number of benzene rings is 1. The first-order chi connectivity index (χ1) is 6.75. The maximum absolute atomic E-state index is 13.0. The van der Waals surface area contributed by atoms with Crippen molar-refractivity contribution in [3.8, 4) is 0 Å². The lowest BCUT2D eigenvalue weighted by Gasteiger charge is -2.01. The first kappa shape index (κ1) is 8.54. The van der Waals surface area contributed by atoms with E-state index in [9.17, 15) is 8.78 Å². The van der Waals surface area contributed by atoms with Gasteiger partial charge in [-0.25, -0.2) is 8.78 Å². The van der Waals surface area contributed by atoms with Gasteiger partial charge in [0.05, 0.1) is 5.69 Å². The van der Waals surface area contributed by atoms with Crippen LogP contribution in [0.15, 0.2) is 18.2 Å². The third-order valence-corrected chi connectivity index (χ3v) is 1.52. The van der Waals surface area contributed by atoms with Gasteiger partial charge >= 0.3 is 0 Å². The summed E-state index contributed by atoms with van der Waals surface area (Å²) in [6, 6.07) is 3.04. The summed E-state index contributed by atoms with van der Waals surface area (Å²) >= 11 is 0. The summed E-state index contributed by atoms with van der Waals surface area (Å²) in [5.74, 6) is -1.05. The Morgan fingerprint density at radius 3 is 2.86 bits per heavy atom. The number of hydrogen-bond donors (Lipinski definition) is 2. The minimum Gasteiger partial charge on any atom is -0.319 e. The number of hydrogen-bond acceptors (Lipinski definition) is 4. The molecule has 0 aliphatic heterocycles. The third-order valence-electron chi connectivity index (χ3n) is 1.52. The molecule has 0 aliphatic carbocycles. The number of nitrogens with one attached hydrogen (secondary N) is 2. The molecule has 7 heteroatoms. The minimum absolute atomic E-state index is 0.0357. The van der Waals surface area contributed by atoms with Crippen molar-refractivity contribution in [1.29, 1.82) is 0 Å². The highest BCUT2D eigenvalue weighted by molar-refractivity contribution is 5.53. The molecule has 0 radical (unpaired) electrons. The zero-order chi connectivity index (χ0) is 9.97. The Labute approximate surface area is 77.1 Å². The van der Waals surface area contributed by atoms with Gasteiger partial charge in [0, 0.05) is 6.07 Å². The summed E-state index contributed by atoms with van der Waals surface area (Å²) in [7, 11) is 0. The van der Waals surface area contributed by atoms with Crippen LogP contribution < -0.4 is 5.32 Å². The van der Waals surface area contributed by atoms with E-state index >= 15 is 0 Å². The molecule has 0 unspecified atom stereocenters. The first-order valence-corrected chi connectivity index (χ1v) is 3.71. The fraction of sp³-hybridized carbons (Fsp3) is 0. The molecule has 0 atom stereocenters. The van der Waals surface area contributed by atoms with E-state index in [2.05, 4.69) is 25.9 Å². The molecule has 14 heavy (non-hydrogen) atoms. The molecule has 2 N–H and O–H groups in total. The van der Waals surface area contributed by atoms with Gasteiger partial charge in [0.2, 0.25) is 0 Å². The molecule has 1 aromatic carbocycles. The zero-order valence-electron chi connectivity index (χ0n) is 6.83. The zero-order valence-corrected chi connectivity index (χ0v) is 6.83. The second-order valence-electron chi connectivity index (χ2n) is 2.48. The van der Waals surface area contributed by atoms with Crippen molar-refractivity contribution < 1.29 is 8.78 Å². The predicted molar refractivity (Wildman–Crippen MR) is 43.8 cm³/mol. The van der Waals surface area contributed by atoms with Crippen LogP contribution in [0.25, 0.3) is 0 Å². The third kappa shape index (κ3) is 1.65. The quantitative estimate of drug-likeness (QED) is 0.759. The first-order valence-electron chi connectivity index (χ1n) is 3.71. The summed E-state index contributed by atoms with van der Waals surface area (Å²) in [5.41, 5.74) is -0.0357. The van der Waals surface area contributed by atoms with Crippen molar-refractivity contribution in [2.24, 2.45) is 0 Å². The number of tetrazole rings is 1. The van der Waals surface area contributed by atoms with Crippen LogP contribution >= 0.6 is 0 Å². The second kappa shape index (κ2) is 3.36. The van der Waals surface area contributed by atoms with Crippen LogP contribution in [-0.2, 0) is 0 Å². The van der Waals surface area contributed by atoms with E-state index in [-0.39, 0.29) is 11.6 Å². The van der Waals surface area contributed by atoms with Crippen LogP contribution in [0.2, 0.25) is 0 Å². The standard InChI is InChI=1S/C7H5F2N5/c8-4-1-2-5(9)6(3-4)10-7-11-13-14-12-7/h1-3H,(H2,10,11,12,13,14). The molecule has 0 bridgehead atoms. The lowest BCUT2D eigenvalue weighted by Crippen LogP contribution is -1.96. The van der Waals surface area contributed by atoms with Crippen LogP contribution in [0.1, 0.15) is 0 Å². The van der Waals surface area contributed by atoms with Crippen molar-refractivity contribution in [2.45, 2.75) is 0 Å². The van der Waals surface area contributed by atoms with Gasteiger partial charge in [-0.2, -0.15) is 5.21 Å². The summed E-state index contributed by atoms with van der Waals surface area (Å²) in [6.07, 6.45) is 0. The van der Waals surface area contributed by atoms with Gasteiger partial charge in [-0.05, 0) is 17.3 Å². The van der Waals surface area contributed by atoms with Crippen molar-refractivity contribution in [3.63, 3.8) is 0 Å².